The van der Waals surface area contributed by atoms with Crippen LogP contribution >= 0.6 is 0 Å². The van der Waals surface area contributed by atoms with Gasteiger partial charge in [-0.3, -0.25) is 9.59 Å². The van der Waals surface area contributed by atoms with Crippen LogP contribution in [0.3, 0.4) is 0 Å². The molecule has 548 valence electrons. The molecule has 9 aliphatic rings. The van der Waals surface area contributed by atoms with E-state index in [2.05, 4.69) is 4.74 Å². The van der Waals surface area contributed by atoms with Gasteiger partial charge in [0.1, 0.15) is 111 Å². The molecule has 34 heteroatoms. The fourth-order valence-electron chi connectivity index (χ4n) is 14.4. The molecule has 5 aliphatic heterocycles. The molecule has 30 atom stereocenters. The van der Waals surface area contributed by atoms with Crippen molar-refractivity contribution in [3.8, 4) is 0 Å². The van der Waals surface area contributed by atoms with Gasteiger partial charge in [0.2, 0.25) is 0 Å². The summed E-state index contributed by atoms with van der Waals surface area (Å²) in [5.41, 5.74) is 0. The van der Waals surface area contributed by atoms with E-state index < -0.39 is 252 Å². The summed E-state index contributed by atoms with van der Waals surface area (Å²) < 4.78 is 87.8. The molecule has 0 bridgehead atoms. The number of esters is 4. The lowest BCUT2D eigenvalue weighted by atomic mass is 9.72. The number of allylic oxidation sites excluding steroid dienone is 2. The first-order valence-electron chi connectivity index (χ1n) is 32.8. The number of carbonyl (C=O) groups excluding carboxylic acids is 4. The van der Waals surface area contributed by atoms with E-state index in [0.717, 1.165) is 19.3 Å². The first-order chi connectivity index (χ1) is 45.8. The van der Waals surface area contributed by atoms with Crippen LogP contribution in [-0.4, -0.2) is 332 Å². The zero-order valence-corrected chi connectivity index (χ0v) is 53.4. The molecule has 9 rings (SSSR count). The molecule has 0 aromatic rings. The summed E-state index contributed by atoms with van der Waals surface area (Å²) in [6, 6.07) is 0. The molecule has 0 aromatic carbocycles. The average molecular weight is 1390 g/mol. The van der Waals surface area contributed by atoms with Gasteiger partial charge in [0.15, 0.2) is 31.3 Å². The highest BCUT2D eigenvalue weighted by atomic mass is 16.8. The Bertz CT molecular complexity index is 2530. The monoisotopic (exact) mass is 1380 g/mol. The Morgan fingerprint density at radius 2 is 1.05 bits per heavy atom. The number of aliphatic hydroxyl groups is 15. The van der Waals surface area contributed by atoms with Crippen molar-refractivity contribution < 1.29 is 167 Å². The molecule has 5 heterocycles. The van der Waals surface area contributed by atoms with Crippen molar-refractivity contribution in [2.75, 3.05) is 47.8 Å². The Morgan fingerprint density at radius 1 is 0.458 bits per heavy atom. The summed E-state index contributed by atoms with van der Waals surface area (Å²) in [7, 11) is 3.89. The van der Waals surface area contributed by atoms with Crippen LogP contribution in [0.1, 0.15) is 83.5 Å². The molecule has 0 spiro atoms. The van der Waals surface area contributed by atoms with Gasteiger partial charge in [0.25, 0.3) is 0 Å². The predicted molar refractivity (Wildman–Crippen MR) is 313 cm³/mol. The number of hydrogen-bond donors (Lipinski definition) is 15. The van der Waals surface area contributed by atoms with Gasteiger partial charge in [-0.15, -0.1) is 0 Å². The van der Waals surface area contributed by atoms with Crippen LogP contribution in [0.5, 0.6) is 0 Å². The zero-order chi connectivity index (χ0) is 69.4. The Balaban J connectivity index is 0.948. The minimum absolute atomic E-state index is 0.00708. The molecule has 5 saturated heterocycles. The Hall–Kier alpha value is -3.68. The molecule has 4 saturated carbocycles. The lowest BCUT2D eigenvalue weighted by Crippen LogP contribution is -2.65. The minimum Gasteiger partial charge on any atom is -0.469 e. The second-order valence-electron chi connectivity index (χ2n) is 26.4. The second kappa shape index (κ2) is 34.8. The maximum absolute atomic E-state index is 13.7. The van der Waals surface area contributed by atoms with Crippen LogP contribution in [-0.2, 0) is 90.2 Å². The summed E-state index contributed by atoms with van der Waals surface area (Å²) in [4.78, 5) is 51.3. The molecule has 96 heavy (non-hydrogen) atoms. The van der Waals surface area contributed by atoms with Crippen LogP contribution in [0, 0.1) is 23.7 Å². The number of fused-ring (bicyclic) bond motifs is 1. The predicted octanol–water partition coefficient (Wildman–Crippen LogP) is -6.23. The third kappa shape index (κ3) is 18.7. The van der Waals surface area contributed by atoms with Crippen molar-refractivity contribution in [1.82, 2.24) is 0 Å². The summed E-state index contributed by atoms with van der Waals surface area (Å²) in [5.74, 6) is -5.88. The van der Waals surface area contributed by atoms with E-state index in [9.17, 15) is 95.8 Å². The van der Waals surface area contributed by atoms with E-state index in [1.54, 1.807) is 6.08 Å². The van der Waals surface area contributed by atoms with Gasteiger partial charge in [-0.1, -0.05) is 12.2 Å². The Labute approximate surface area is 552 Å². The van der Waals surface area contributed by atoms with Crippen LogP contribution in [0.2, 0.25) is 0 Å². The number of carbonyl (C=O) groups is 4. The molecule has 0 aromatic heterocycles. The fourth-order valence-corrected chi connectivity index (χ4v) is 14.4. The minimum atomic E-state index is -2.07. The zero-order valence-electron chi connectivity index (χ0n) is 53.4. The van der Waals surface area contributed by atoms with Crippen LogP contribution < -0.4 is 0 Å². The summed E-state index contributed by atoms with van der Waals surface area (Å²) in [6.45, 7) is -2.69. The topological polar surface area (TPSA) is 510 Å². The van der Waals surface area contributed by atoms with Gasteiger partial charge in [-0.2, -0.15) is 0 Å². The molecule has 34 nitrogen and oxygen atoms in total. The fraction of sp³-hybridized carbons (Fsp3) is 0.871. The van der Waals surface area contributed by atoms with E-state index >= 15 is 0 Å². The van der Waals surface area contributed by atoms with Crippen molar-refractivity contribution in [3.05, 3.63) is 24.3 Å². The number of methoxy groups -OCH3 is 3. The van der Waals surface area contributed by atoms with E-state index in [0.29, 0.717) is 38.5 Å². The summed E-state index contributed by atoms with van der Waals surface area (Å²) in [5, 5.41) is 164. The van der Waals surface area contributed by atoms with Crippen molar-refractivity contribution in [3.63, 3.8) is 0 Å². The van der Waals surface area contributed by atoms with Gasteiger partial charge in [-0.05, 0) is 88.4 Å². The molecule has 11 unspecified atom stereocenters. The lowest BCUT2D eigenvalue weighted by molar-refractivity contribution is -0.373. The molecule has 0 amide bonds. The highest BCUT2D eigenvalue weighted by molar-refractivity contribution is 5.91. The van der Waals surface area contributed by atoms with Gasteiger partial charge in [0.05, 0.1) is 81.4 Å². The van der Waals surface area contributed by atoms with Crippen LogP contribution in [0.25, 0.3) is 0 Å². The average Bonchev–Trinajstić information content (AvgIpc) is 0.769. The third-order valence-electron chi connectivity index (χ3n) is 20.0. The van der Waals surface area contributed by atoms with Crippen molar-refractivity contribution in [1.29, 1.82) is 0 Å². The number of rotatable bonds is 23. The van der Waals surface area contributed by atoms with Crippen molar-refractivity contribution in [2.45, 2.75) is 267 Å². The van der Waals surface area contributed by atoms with Crippen molar-refractivity contribution >= 4 is 23.9 Å². The van der Waals surface area contributed by atoms with Crippen LogP contribution in [0.15, 0.2) is 24.3 Å². The summed E-state index contributed by atoms with van der Waals surface area (Å²) >= 11 is 0. The molecule has 15 N–H and O–H groups in total. The van der Waals surface area contributed by atoms with Gasteiger partial charge >= 0.3 is 23.9 Å². The Kier molecular flexibility index (Phi) is 27.7. The number of aliphatic hydroxyl groups excluding tert-OH is 15. The van der Waals surface area contributed by atoms with E-state index in [-0.39, 0.29) is 50.4 Å². The maximum atomic E-state index is 13.7. The highest BCUT2D eigenvalue weighted by Crippen LogP contribution is 2.46. The lowest BCUT2D eigenvalue weighted by Gasteiger charge is -2.53. The quantitative estimate of drug-likeness (QED) is 0.0196. The van der Waals surface area contributed by atoms with E-state index in [4.69, 9.17) is 66.3 Å². The number of ether oxygens (including phenoxy) is 15. The standard InChI is InChI=1S/C62H96O34/c1-82-36-14-26(15-37(83-2)47(36)73)7-13-43(69)95-57-46(72)33(67)22-87-61(57)96-58-53(79)50(76)41(23-85-42(68)12-6-25-4-9-29(10-5-25)88-59-54(80)51(77)48(74)39(21-63)92-59)94-62(58)91-38-19-30-34(89-56(38)27-8-11-31(65)32(66)16-27)17-28(64)18-35(30)90-60-55(81)52(78)49(75)40(93-60)24-86-45(71)20-44(70)84-3/h6-7,12-13,25-41,46-67,72-81H,4-5,8-11,14-24H2,1-3H3/t25?,26?,27?,28?,29?,30?,31?,32?,33-,34?,35?,36?,37?,38?,39-,40-,41-,46+,47?,48-,49-,50-,51+,52+,53+,54-,55-,56?,57-,58-,59-,60-,61+,62-/m1/s1. The van der Waals surface area contributed by atoms with Crippen LogP contribution in [0.4, 0.5) is 0 Å². The van der Waals surface area contributed by atoms with Crippen molar-refractivity contribution in [2.24, 2.45) is 23.7 Å². The number of hydrogen-bond acceptors (Lipinski definition) is 34. The first kappa shape index (κ1) is 76.5. The highest BCUT2D eigenvalue weighted by Gasteiger charge is 2.57. The summed E-state index contributed by atoms with van der Waals surface area (Å²) in [6.07, 6.45) is -36.3. The largest absolute Gasteiger partial charge is 0.469 e. The molecular weight excluding hydrogens is 1290 g/mol. The normalized spacial score (nSPS) is 46.4. The van der Waals surface area contributed by atoms with E-state index in [1.807, 2.05) is 0 Å². The van der Waals surface area contributed by atoms with Gasteiger partial charge in [-0.25, -0.2) is 9.59 Å². The van der Waals surface area contributed by atoms with E-state index in [1.165, 1.54) is 20.3 Å². The molecular formula is C62H96O34. The first-order valence-corrected chi connectivity index (χ1v) is 32.8. The maximum Gasteiger partial charge on any atom is 0.330 e. The smallest absolute Gasteiger partial charge is 0.330 e. The molecule has 0 radical (unpaired) electrons. The third-order valence-corrected chi connectivity index (χ3v) is 20.0. The molecule has 9 fully saturated rings. The SMILES string of the molecule is COC(=O)CC(=O)OC[C@H]1O[C@@H](OC2CC(O)CC3OC(C4CCC(O)C(O)C4)C(O[C@@H]4O[C@H](COC(=O)C=CC5CCC(O[C@@H]6O[C@H](CO)[C@@H](O)[C@H](O)[C@H]6O)CC5)[C@@H](O)[C@H](O)[C@H]4O[C@@H]4OC[C@@H](O)[C@H](O)[C@H]4OC(=O)C=CC4CC(OC)C(O)C(OC)C4)CC32)[C@H](O)[C@@H](O)[C@@H]1O. The van der Waals surface area contributed by atoms with Gasteiger partial charge < -0.3 is 148 Å². The Morgan fingerprint density at radius 3 is 1.70 bits per heavy atom. The second-order valence-corrected chi connectivity index (χ2v) is 26.4. The molecule has 4 aliphatic carbocycles. The van der Waals surface area contributed by atoms with Gasteiger partial charge in [0, 0.05) is 38.7 Å².